The van der Waals surface area contributed by atoms with Crippen molar-refractivity contribution in [1.82, 2.24) is 10.3 Å². The zero-order chi connectivity index (χ0) is 12.8. The lowest BCUT2D eigenvalue weighted by molar-refractivity contribution is 0.628. The first-order valence-corrected chi connectivity index (χ1v) is 6.69. The minimum Gasteiger partial charge on any atom is -0.313 e. The SMILES string of the molecule is C=CCNCCc1nc(-c2ccc(F)cc2)cs1. The number of rotatable bonds is 6. The highest BCUT2D eigenvalue weighted by atomic mass is 32.1. The summed E-state index contributed by atoms with van der Waals surface area (Å²) in [6, 6.07) is 6.42. The van der Waals surface area contributed by atoms with Crippen molar-refractivity contribution in [3.05, 3.63) is 53.1 Å². The summed E-state index contributed by atoms with van der Waals surface area (Å²) in [5, 5.41) is 6.34. The van der Waals surface area contributed by atoms with E-state index in [9.17, 15) is 4.39 Å². The van der Waals surface area contributed by atoms with Gasteiger partial charge < -0.3 is 5.32 Å². The Morgan fingerprint density at radius 3 is 2.83 bits per heavy atom. The Bertz CT molecular complexity index is 505. The predicted octanol–water partition coefficient (Wildman–Crippen LogP) is 3.27. The molecule has 0 aliphatic heterocycles. The van der Waals surface area contributed by atoms with E-state index in [0.29, 0.717) is 0 Å². The van der Waals surface area contributed by atoms with Crippen molar-refractivity contribution in [1.29, 1.82) is 0 Å². The maximum absolute atomic E-state index is 12.8. The summed E-state index contributed by atoms with van der Waals surface area (Å²) in [4.78, 5) is 4.54. The Morgan fingerprint density at radius 1 is 1.33 bits per heavy atom. The minimum atomic E-state index is -0.220. The van der Waals surface area contributed by atoms with Gasteiger partial charge in [-0.15, -0.1) is 17.9 Å². The number of nitrogens with zero attached hydrogens (tertiary/aromatic N) is 1. The predicted molar refractivity (Wildman–Crippen MR) is 74.3 cm³/mol. The van der Waals surface area contributed by atoms with E-state index in [1.807, 2.05) is 11.5 Å². The summed E-state index contributed by atoms with van der Waals surface area (Å²) in [6.45, 7) is 5.36. The lowest BCUT2D eigenvalue weighted by Gasteiger charge is -1.98. The lowest BCUT2D eigenvalue weighted by Crippen LogP contribution is -2.16. The van der Waals surface area contributed by atoms with Crippen LogP contribution in [0.25, 0.3) is 11.3 Å². The second-order valence-corrected chi connectivity index (χ2v) is 4.82. The molecule has 1 N–H and O–H groups in total. The van der Waals surface area contributed by atoms with E-state index in [2.05, 4.69) is 16.9 Å². The van der Waals surface area contributed by atoms with Gasteiger partial charge in [-0.1, -0.05) is 6.08 Å². The zero-order valence-corrected chi connectivity index (χ0v) is 10.8. The summed E-state index contributed by atoms with van der Waals surface area (Å²) in [7, 11) is 0. The Labute approximate surface area is 110 Å². The Hall–Kier alpha value is -1.52. The standard InChI is InChI=1S/C14H15FN2S/c1-2-8-16-9-7-14-17-13(10-18-14)11-3-5-12(15)6-4-11/h2-6,10,16H,1,7-9H2. The second kappa shape index (κ2) is 6.42. The first-order valence-electron chi connectivity index (χ1n) is 5.81. The summed E-state index contributed by atoms with van der Waals surface area (Å²) in [5.41, 5.74) is 1.87. The van der Waals surface area contributed by atoms with Crippen molar-refractivity contribution in [3.63, 3.8) is 0 Å². The smallest absolute Gasteiger partial charge is 0.123 e. The summed E-state index contributed by atoms with van der Waals surface area (Å²) < 4.78 is 12.8. The minimum absolute atomic E-state index is 0.220. The van der Waals surface area contributed by atoms with E-state index in [-0.39, 0.29) is 5.82 Å². The average molecular weight is 262 g/mol. The van der Waals surface area contributed by atoms with E-state index in [1.165, 1.54) is 12.1 Å². The third-order valence-corrected chi connectivity index (χ3v) is 3.40. The summed E-state index contributed by atoms with van der Waals surface area (Å²) in [5.74, 6) is -0.220. The van der Waals surface area contributed by atoms with Crippen LogP contribution in [0.4, 0.5) is 4.39 Å². The summed E-state index contributed by atoms with van der Waals surface area (Å²) >= 11 is 1.64. The van der Waals surface area contributed by atoms with Crippen LogP contribution >= 0.6 is 11.3 Å². The van der Waals surface area contributed by atoms with Crippen molar-refractivity contribution in [2.45, 2.75) is 6.42 Å². The number of thiazole rings is 1. The van der Waals surface area contributed by atoms with E-state index in [4.69, 9.17) is 0 Å². The maximum atomic E-state index is 12.8. The van der Waals surface area contributed by atoms with Gasteiger partial charge in [-0.25, -0.2) is 9.37 Å². The summed E-state index contributed by atoms with van der Waals surface area (Å²) in [6.07, 6.45) is 2.74. The maximum Gasteiger partial charge on any atom is 0.123 e. The number of hydrogen-bond acceptors (Lipinski definition) is 3. The van der Waals surface area contributed by atoms with Gasteiger partial charge >= 0.3 is 0 Å². The van der Waals surface area contributed by atoms with E-state index in [0.717, 1.165) is 35.8 Å². The molecule has 2 nitrogen and oxygen atoms in total. The molecule has 0 saturated carbocycles. The van der Waals surface area contributed by atoms with Crippen LogP contribution in [0.5, 0.6) is 0 Å². The van der Waals surface area contributed by atoms with E-state index in [1.54, 1.807) is 23.5 Å². The number of halogens is 1. The van der Waals surface area contributed by atoms with Crippen molar-refractivity contribution in [3.8, 4) is 11.3 Å². The molecule has 0 amide bonds. The van der Waals surface area contributed by atoms with Gasteiger partial charge in [-0.2, -0.15) is 0 Å². The molecule has 0 radical (unpaired) electrons. The van der Waals surface area contributed by atoms with Crippen LogP contribution in [0.1, 0.15) is 5.01 Å². The third kappa shape index (κ3) is 3.48. The highest BCUT2D eigenvalue weighted by Gasteiger charge is 2.04. The molecule has 0 bridgehead atoms. The van der Waals surface area contributed by atoms with Crippen LogP contribution in [0, 0.1) is 5.82 Å². The van der Waals surface area contributed by atoms with Crippen LogP contribution in [0.3, 0.4) is 0 Å². The molecule has 1 aromatic carbocycles. The van der Waals surface area contributed by atoms with Crippen molar-refractivity contribution in [2.75, 3.05) is 13.1 Å². The van der Waals surface area contributed by atoms with Crippen LogP contribution in [-0.2, 0) is 6.42 Å². The normalized spacial score (nSPS) is 10.5. The second-order valence-electron chi connectivity index (χ2n) is 3.88. The fourth-order valence-corrected chi connectivity index (χ4v) is 2.39. The Kier molecular flexibility index (Phi) is 4.61. The van der Waals surface area contributed by atoms with Gasteiger partial charge in [-0.3, -0.25) is 0 Å². The molecule has 94 valence electrons. The molecule has 2 rings (SSSR count). The fourth-order valence-electron chi connectivity index (χ4n) is 1.58. The molecule has 0 aliphatic carbocycles. The van der Waals surface area contributed by atoms with E-state index < -0.39 is 0 Å². The molecule has 0 spiro atoms. The van der Waals surface area contributed by atoms with Gasteiger partial charge in [0.2, 0.25) is 0 Å². The topological polar surface area (TPSA) is 24.9 Å². The largest absolute Gasteiger partial charge is 0.313 e. The van der Waals surface area contributed by atoms with Crippen molar-refractivity contribution >= 4 is 11.3 Å². The first kappa shape index (κ1) is 12.9. The van der Waals surface area contributed by atoms with Crippen LogP contribution in [-0.4, -0.2) is 18.1 Å². The highest BCUT2D eigenvalue weighted by Crippen LogP contribution is 2.22. The molecule has 0 unspecified atom stereocenters. The molecule has 2 aromatic rings. The molecule has 0 aliphatic rings. The van der Waals surface area contributed by atoms with Crippen LogP contribution in [0.15, 0.2) is 42.3 Å². The molecular weight excluding hydrogens is 247 g/mol. The Balaban J connectivity index is 1.97. The molecule has 4 heteroatoms. The van der Waals surface area contributed by atoms with Gasteiger partial charge in [0.05, 0.1) is 10.7 Å². The first-order chi connectivity index (χ1) is 8.79. The number of benzene rings is 1. The van der Waals surface area contributed by atoms with Gasteiger partial charge in [0.1, 0.15) is 5.82 Å². The van der Waals surface area contributed by atoms with Gasteiger partial charge in [0, 0.05) is 30.5 Å². The molecule has 0 fully saturated rings. The molecule has 0 atom stereocenters. The fraction of sp³-hybridized carbons (Fsp3) is 0.214. The van der Waals surface area contributed by atoms with Crippen LogP contribution in [0.2, 0.25) is 0 Å². The zero-order valence-electron chi connectivity index (χ0n) is 10.0. The van der Waals surface area contributed by atoms with Gasteiger partial charge in [0.15, 0.2) is 0 Å². The van der Waals surface area contributed by atoms with Crippen LogP contribution < -0.4 is 5.32 Å². The van der Waals surface area contributed by atoms with Crippen molar-refractivity contribution < 1.29 is 4.39 Å². The number of aromatic nitrogens is 1. The van der Waals surface area contributed by atoms with Gasteiger partial charge in [-0.05, 0) is 24.3 Å². The third-order valence-electron chi connectivity index (χ3n) is 2.50. The van der Waals surface area contributed by atoms with Gasteiger partial charge in [0.25, 0.3) is 0 Å². The molecular formula is C14H15FN2S. The molecule has 1 aromatic heterocycles. The Morgan fingerprint density at radius 2 is 2.11 bits per heavy atom. The quantitative estimate of drug-likeness (QED) is 0.638. The molecule has 1 heterocycles. The van der Waals surface area contributed by atoms with Crippen molar-refractivity contribution in [2.24, 2.45) is 0 Å². The highest BCUT2D eigenvalue weighted by molar-refractivity contribution is 7.09. The number of hydrogen-bond donors (Lipinski definition) is 1. The monoisotopic (exact) mass is 262 g/mol. The lowest BCUT2D eigenvalue weighted by atomic mass is 10.2. The molecule has 18 heavy (non-hydrogen) atoms. The van der Waals surface area contributed by atoms with E-state index >= 15 is 0 Å². The molecule has 0 saturated heterocycles. The average Bonchev–Trinajstić information content (AvgIpc) is 2.84. The number of nitrogens with one attached hydrogen (secondary N) is 1.